The fourth-order valence-corrected chi connectivity index (χ4v) is 1.95. The second-order valence-electron chi connectivity index (χ2n) is 3.82. The summed E-state index contributed by atoms with van der Waals surface area (Å²) in [4.78, 5) is 4.11. The van der Waals surface area contributed by atoms with Gasteiger partial charge in [0.05, 0.1) is 12.6 Å². The number of hydrogen-bond acceptors (Lipinski definition) is 2. The van der Waals surface area contributed by atoms with Crippen molar-refractivity contribution < 1.29 is 4.74 Å². The molecule has 0 fully saturated rings. The van der Waals surface area contributed by atoms with E-state index in [1.165, 1.54) is 0 Å². The number of fused-ring (bicyclic) bond motifs is 1. The second-order valence-corrected chi connectivity index (χ2v) is 3.82. The number of ether oxygens (including phenoxy) is 1. The summed E-state index contributed by atoms with van der Waals surface area (Å²) in [5.74, 6) is 0.867. The maximum absolute atomic E-state index is 5.15. The average Bonchev–Trinajstić information content (AvgIpc) is 2.83. The molecule has 0 aliphatic rings. The van der Waals surface area contributed by atoms with Crippen molar-refractivity contribution in [2.24, 2.45) is 0 Å². The van der Waals surface area contributed by atoms with Crippen LogP contribution in [0.4, 0.5) is 0 Å². The van der Waals surface area contributed by atoms with E-state index in [0.29, 0.717) is 0 Å². The molecule has 3 rings (SSSR count). The van der Waals surface area contributed by atoms with E-state index in [0.717, 1.165) is 22.3 Å². The Morgan fingerprint density at radius 3 is 2.65 bits per heavy atom. The van der Waals surface area contributed by atoms with Crippen molar-refractivity contribution in [1.29, 1.82) is 0 Å². The molecule has 0 bridgehead atoms. The van der Waals surface area contributed by atoms with E-state index in [-0.39, 0.29) is 0 Å². The lowest BCUT2D eigenvalue weighted by Crippen LogP contribution is -1.92. The molecule has 3 nitrogen and oxygen atoms in total. The molecule has 3 aromatic rings. The largest absolute Gasteiger partial charge is 0.497 e. The first-order chi connectivity index (χ1) is 8.38. The molecule has 17 heavy (non-hydrogen) atoms. The maximum Gasteiger partial charge on any atom is 0.119 e. The Kier molecular flexibility index (Phi) is 2.29. The minimum Gasteiger partial charge on any atom is -0.497 e. The third kappa shape index (κ3) is 1.65. The molecule has 2 aromatic heterocycles. The van der Waals surface area contributed by atoms with Crippen LogP contribution in [0.5, 0.6) is 5.75 Å². The molecule has 3 heteroatoms. The SMILES string of the molecule is COc1ccc(-n2ccc3cnccc32)cc1. The summed E-state index contributed by atoms with van der Waals surface area (Å²) >= 11 is 0. The molecular weight excluding hydrogens is 212 g/mol. The summed E-state index contributed by atoms with van der Waals surface area (Å²) in [6, 6.07) is 12.1. The fraction of sp³-hybridized carbons (Fsp3) is 0.0714. The van der Waals surface area contributed by atoms with Crippen LogP contribution in [0, 0.1) is 0 Å². The molecule has 2 heterocycles. The molecule has 0 unspecified atom stereocenters. The molecule has 0 amide bonds. The minimum atomic E-state index is 0.867. The summed E-state index contributed by atoms with van der Waals surface area (Å²) < 4.78 is 7.29. The van der Waals surface area contributed by atoms with E-state index in [4.69, 9.17) is 4.74 Å². The maximum atomic E-state index is 5.15. The minimum absolute atomic E-state index is 0.867. The topological polar surface area (TPSA) is 27.1 Å². The average molecular weight is 224 g/mol. The standard InChI is InChI=1S/C14H12N2O/c1-17-13-4-2-12(3-5-13)16-9-7-11-10-15-8-6-14(11)16/h2-10H,1H3. The lowest BCUT2D eigenvalue weighted by molar-refractivity contribution is 0.415. The predicted molar refractivity (Wildman–Crippen MR) is 67.6 cm³/mol. The van der Waals surface area contributed by atoms with Crippen molar-refractivity contribution in [2.75, 3.05) is 7.11 Å². The van der Waals surface area contributed by atoms with Gasteiger partial charge in [0.2, 0.25) is 0 Å². The van der Waals surface area contributed by atoms with Crippen molar-refractivity contribution in [3.05, 3.63) is 55.0 Å². The van der Waals surface area contributed by atoms with Crippen LogP contribution >= 0.6 is 0 Å². The summed E-state index contributed by atoms with van der Waals surface area (Å²) in [6.07, 6.45) is 5.73. The first-order valence-corrected chi connectivity index (χ1v) is 5.44. The number of pyridine rings is 1. The molecular formula is C14H12N2O. The van der Waals surface area contributed by atoms with Crippen LogP contribution in [0.2, 0.25) is 0 Å². The number of methoxy groups -OCH3 is 1. The van der Waals surface area contributed by atoms with E-state index < -0.39 is 0 Å². The fourth-order valence-electron chi connectivity index (χ4n) is 1.95. The van der Waals surface area contributed by atoms with Gasteiger partial charge >= 0.3 is 0 Å². The molecule has 0 spiro atoms. The van der Waals surface area contributed by atoms with Crippen LogP contribution in [-0.2, 0) is 0 Å². The predicted octanol–water partition coefficient (Wildman–Crippen LogP) is 3.03. The third-order valence-corrected chi connectivity index (χ3v) is 2.84. The Balaban J connectivity index is 2.13. The highest BCUT2D eigenvalue weighted by Crippen LogP contribution is 2.21. The molecule has 0 saturated heterocycles. The van der Waals surface area contributed by atoms with Gasteiger partial charge in [0, 0.05) is 29.7 Å². The van der Waals surface area contributed by atoms with Gasteiger partial charge in [-0.3, -0.25) is 4.98 Å². The molecule has 1 aromatic carbocycles. The number of nitrogens with zero attached hydrogens (tertiary/aromatic N) is 2. The molecule has 0 radical (unpaired) electrons. The Morgan fingerprint density at radius 1 is 1.06 bits per heavy atom. The van der Waals surface area contributed by atoms with Crippen molar-refractivity contribution in [2.45, 2.75) is 0 Å². The zero-order chi connectivity index (χ0) is 11.7. The number of aromatic nitrogens is 2. The molecule has 0 aliphatic heterocycles. The number of benzene rings is 1. The van der Waals surface area contributed by atoms with Crippen LogP contribution in [0.1, 0.15) is 0 Å². The number of rotatable bonds is 2. The van der Waals surface area contributed by atoms with Gasteiger partial charge in [-0.25, -0.2) is 0 Å². The number of hydrogen-bond donors (Lipinski definition) is 0. The van der Waals surface area contributed by atoms with Gasteiger partial charge in [-0.2, -0.15) is 0 Å². The van der Waals surface area contributed by atoms with Gasteiger partial charge in [0.15, 0.2) is 0 Å². The third-order valence-electron chi connectivity index (χ3n) is 2.84. The van der Waals surface area contributed by atoms with Crippen molar-refractivity contribution in [3.63, 3.8) is 0 Å². The van der Waals surface area contributed by atoms with Gasteiger partial charge in [0.1, 0.15) is 5.75 Å². The van der Waals surface area contributed by atoms with Gasteiger partial charge in [-0.15, -0.1) is 0 Å². The van der Waals surface area contributed by atoms with Crippen LogP contribution in [0.15, 0.2) is 55.0 Å². The van der Waals surface area contributed by atoms with Gasteiger partial charge < -0.3 is 9.30 Å². The van der Waals surface area contributed by atoms with Crippen LogP contribution in [-0.4, -0.2) is 16.7 Å². The van der Waals surface area contributed by atoms with Crippen molar-refractivity contribution >= 4 is 10.9 Å². The first-order valence-electron chi connectivity index (χ1n) is 5.44. The summed E-state index contributed by atoms with van der Waals surface area (Å²) in [5.41, 5.74) is 2.28. The summed E-state index contributed by atoms with van der Waals surface area (Å²) in [5, 5.41) is 1.14. The van der Waals surface area contributed by atoms with Crippen LogP contribution in [0.3, 0.4) is 0 Å². The molecule has 0 N–H and O–H groups in total. The Bertz CT molecular complexity index is 641. The van der Waals surface area contributed by atoms with Gasteiger partial charge in [0.25, 0.3) is 0 Å². The van der Waals surface area contributed by atoms with Crippen molar-refractivity contribution in [1.82, 2.24) is 9.55 Å². The highest BCUT2D eigenvalue weighted by atomic mass is 16.5. The van der Waals surface area contributed by atoms with E-state index >= 15 is 0 Å². The highest BCUT2D eigenvalue weighted by Gasteiger charge is 2.02. The second kappa shape index (κ2) is 3.94. The Labute approximate surface area is 99.3 Å². The smallest absolute Gasteiger partial charge is 0.119 e. The summed E-state index contributed by atoms with van der Waals surface area (Å²) in [7, 11) is 1.67. The molecule has 0 saturated carbocycles. The zero-order valence-electron chi connectivity index (χ0n) is 9.50. The van der Waals surface area contributed by atoms with Crippen molar-refractivity contribution in [3.8, 4) is 11.4 Å². The lowest BCUT2D eigenvalue weighted by Gasteiger charge is -2.06. The van der Waals surface area contributed by atoms with E-state index in [9.17, 15) is 0 Å². The van der Waals surface area contributed by atoms with Crippen LogP contribution in [0.25, 0.3) is 16.6 Å². The van der Waals surface area contributed by atoms with E-state index in [2.05, 4.69) is 15.6 Å². The van der Waals surface area contributed by atoms with E-state index in [1.807, 2.05) is 48.9 Å². The van der Waals surface area contributed by atoms with Crippen LogP contribution < -0.4 is 4.74 Å². The molecule has 0 aliphatic carbocycles. The Hall–Kier alpha value is -2.29. The van der Waals surface area contributed by atoms with Gasteiger partial charge in [-0.1, -0.05) is 0 Å². The Morgan fingerprint density at radius 2 is 1.88 bits per heavy atom. The quantitative estimate of drug-likeness (QED) is 0.669. The monoisotopic (exact) mass is 224 g/mol. The first kappa shape index (κ1) is 9.90. The zero-order valence-corrected chi connectivity index (χ0v) is 9.50. The van der Waals surface area contributed by atoms with Gasteiger partial charge in [-0.05, 0) is 36.4 Å². The molecule has 0 atom stereocenters. The lowest BCUT2D eigenvalue weighted by atomic mass is 10.3. The molecule has 84 valence electrons. The highest BCUT2D eigenvalue weighted by molar-refractivity contribution is 5.80. The summed E-state index contributed by atoms with van der Waals surface area (Å²) in [6.45, 7) is 0. The van der Waals surface area contributed by atoms with E-state index in [1.54, 1.807) is 7.11 Å². The normalized spacial score (nSPS) is 10.6.